The molecule has 0 amide bonds. The van der Waals surface area contributed by atoms with Gasteiger partial charge in [-0.15, -0.1) is 0 Å². The fourth-order valence-electron chi connectivity index (χ4n) is 2.19. The number of imidazole rings is 1. The molecule has 3 heteroatoms. The summed E-state index contributed by atoms with van der Waals surface area (Å²) in [4.78, 5) is 15.7. The monoisotopic (exact) mass is 192 g/mol. The zero-order chi connectivity index (χ0) is 9.97. The standard InChI is InChI=1S/C11H16N2O/c1-2-13-7-6-12-11(13)9-4-3-5-10(14)8-9/h6-7,9H,2-5,8H2,1H3. The molecule has 1 saturated carbocycles. The minimum atomic E-state index is 0.367. The average molecular weight is 192 g/mol. The van der Waals surface area contributed by atoms with Gasteiger partial charge in [0.25, 0.3) is 0 Å². The van der Waals surface area contributed by atoms with Crippen molar-refractivity contribution in [3.05, 3.63) is 18.2 Å². The van der Waals surface area contributed by atoms with E-state index in [1.807, 2.05) is 12.4 Å². The van der Waals surface area contributed by atoms with Crippen LogP contribution in [0.25, 0.3) is 0 Å². The van der Waals surface area contributed by atoms with Crippen molar-refractivity contribution < 1.29 is 4.79 Å². The van der Waals surface area contributed by atoms with Crippen LogP contribution in [-0.4, -0.2) is 15.3 Å². The van der Waals surface area contributed by atoms with Gasteiger partial charge in [-0.2, -0.15) is 0 Å². The molecule has 0 bridgehead atoms. The molecule has 0 N–H and O–H groups in total. The van der Waals surface area contributed by atoms with Crippen LogP contribution in [0.4, 0.5) is 0 Å². The molecule has 3 nitrogen and oxygen atoms in total. The van der Waals surface area contributed by atoms with E-state index < -0.39 is 0 Å². The maximum atomic E-state index is 11.3. The van der Waals surface area contributed by atoms with Gasteiger partial charge < -0.3 is 4.57 Å². The molecule has 1 aliphatic carbocycles. The highest BCUT2D eigenvalue weighted by molar-refractivity contribution is 5.79. The fourth-order valence-corrected chi connectivity index (χ4v) is 2.19. The summed E-state index contributed by atoms with van der Waals surface area (Å²) in [7, 11) is 0. The number of Topliss-reactive ketones (excluding diaryl/α,β-unsaturated/α-hetero) is 1. The van der Waals surface area contributed by atoms with Crippen molar-refractivity contribution >= 4 is 5.78 Å². The second-order valence-electron chi connectivity index (χ2n) is 3.90. The zero-order valence-electron chi connectivity index (χ0n) is 8.57. The van der Waals surface area contributed by atoms with E-state index in [9.17, 15) is 4.79 Å². The van der Waals surface area contributed by atoms with E-state index in [1.54, 1.807) is 0 Å². The summed E-state index contributed by atoms with van der Waals surface area (Å²) >= 11 is 0. The van der Waals surface area contributed by atoms with Crippen molar-refractivity contribution in [2.24, 2.45) is 0 Å². The average Bonchev–Trinajstić information content (AvgIpc) is 2.65. The lowest BCUT2D eigenvalue weighted by Gasteiger charge is -2.20. The smallest absolute Gasteiger partial charge is 0.133 e. The number of nitrogens with zero attached hydrogens (tertiary/aromatic N) is 2. The Morgan fingerprint density at radius 2 is 2.50 bits per heavy atom. The third-order valence-electron chi connectivity index (χ3n) is 2.94. The summed E-state index contributed by atoms with van der Waals surface area (Å²) in [6, 6.07) is 0. The lowest BCUT2D eigenvalue weighted by Crippen LogP contribution is -2.17. The Hall–Kier alpha value is -1.12. The van der Waals surface area contributed by atoms with Crippen molar-refractivity contribution in [1.29, 1.82) is 0 Å². The van der Waals surface area contributed by atoms with E-state index in [1.165, 1.54) is 0 Å². The number of rotatable bonds is 2. The van der Waals surface area contributed by atoms with Crippen molar-refractivity contribution in [3.63, 3.8) is 0 Å². The van der Waals surface area contributed by atoms with Crippen LogP contribution in [0.1, 0.15) is 44.3 Å². The topological polar surface area (TPSA) is 34.9 Å². The van der Waals surface area contributed by atoms with Crippen molar-refractivity contribution in [1.82, 2.24) is 9.55 Å². The fraction of sp³-hybridized carbons (Fsp3) is 0.636. The third kappa shape index (κ3) is 1.72. The van der Waals surface area contributed by atoms with Crippen LogP contribution in [0.3, 0.4) is 0 Å². The van der Waals surface area contributed by atoms with Gasteiger partial charge in [-0.25, -0.2) is 4.98 Å². The first-order chi connectivity index (χ1) is 6.81. The van der Waals surface area contributed by atoms with Crippen LogP contribution in [0.2, 0.25) is 0 Å². The molecule has 14 heavy (non-hydrogen) atoms. The number of aryl methyl sites for hydroxylation is 1. The van der Waals surface area contributed by atoms with Gasteiger partial charge in [-0.05, 0) is 19.8 Å². The largest absolute Gasteiger partial charge is 0.335 e. The number of hydrogen-bond donors (Lipinski definition) is 0. The second kappa shape index (κ2) is 3.95. The number of carbonyl (C=O) groups excluding carboxylic acids is 1. The molecule has 1 heterocycles. The lowest BCUT2D eigenvalue weighted by molar-refractivity contribution is -0.120. The number of ketones is 1. The lowest BCUT2D eigenvalue weighted by atomic mass is 9.88. The first-order valence-electron chi connectivity index (χ1n) is 5.34. The molecule has 1 unspecified atom stereocenters. The van der Waals surface area contributed by atoms with Gasteiger partial charge in [0.2, 0.25) is 0 Å². The Balaban J connectivity index is 2.17. The maximum absolute atomic E-state index is 11.3. The SMILES string of the molecule is CCn1ccnc1C1CCCC(=O)C1. The minimum Gasteiger partial charge on any atom is -0.335 e. The van der Waals surface area contributed by atoms with Gasteiger partial charge in [0.15, 0.2) is 0 Å². The molecular weight excluding hydrogens is 176 g/mol. The Labute approximate surface area is 84.1 Å². The van der Waals surface area contributed by atoms with E-state index in [2.05, 4.69) is 16.5 Å². The Kier molecular flexibility index (Phi) is 2.66. The molecule has 1 aromatic heterocycles. The van der Waals surface area contributed by atoms with Crippen molar-refractivity contribution in [2.75, 3.05) is 0 Å². The van der Waals surface area contributed by atoms with Crippen LogP contribution in [-0.2, 0) is 11.3 Å². The molecule has 0 aliphatic heterocycles. The van der Waals surface area contributed by atoms with E-state index in [0.29, 0.717) is 18.1 Å². The molecule has 0 spiro atoms. The third-order valence-corrected chi connectivity index (χ3v) is 2.94. The molecular formula is C11H16N2O. The van der Waals surface area contributed by atoms with Gasteiger partial charge in [0.05, 0.1) is 0 Å². The first kappa shape index (κ1) is 9.44. The van der Waals surface area contributed by atoms with Crippen LogP contribution in [0, 0.1) is 0 Å². The van der Waals surface area contributed by atoms with E-state index >= 15 is 0 Å². The molecule has 1 fully saturated rings. The summed E-state index contributed by atoms with van der Waals surface area (Å²) in [6.45, 7) is 3.05. The van der Waals surface area contributed by atoms with Gasteiger partial charge >= 0.3 is 0 Å². The number of hydrogen-bond acceptors (Lipinski definition) is 2. The molecule has 0 saturated heterocycles. The highest BCUT2D eigenvalue weighted by Crippen LogP contribution is 2.29. The Bertz CT molecular complexity index is 330. The van der Waals surface area contributed by atoms with Gasteiger partial charge in [-0.1, -0.05) is 0 Å². The molecule has 2 rings (SSSR count). The maximum Gasteiger partial charge on any atom is 0.133 e. The second-order valence-corrected chi connectivity index (χ2v) is 3.90. The van der Waals surface area contributed by atoms with Gasteiger partial charge in [-0.3, -0.25) is 4.79 Å². The Morgan fingerprint density at radius 1 is 1.64 bits per heavy atom. The molecule has 1 aromatic rings. The summed E-state index contributed by atoms with van der Waals surface area (Å²) in [5.74, 6) is 1.86. The van der Waals surface area contributed by atoms with E-state index in [-0.39, 0.29) is 0 Å². The number of aromatic nitrogens is 2. The summed E-state index contributed by atoms with van der Waals surface area (Å²) in [6.07, 6.45) is 7.43. The molecule has 76 valence electrons. The molecule has 0 radical (unpaired) electrons. The van der Waals surface area contributed by atoms with Crippen LogP contribution < -0.4 is 0 Å². The van der Waals surface area contributed by atoms with Crippen molar-refractivity contribution in [2.45, 2.75) is 45.1 Å². The number of carbonyl (C=O) groups is 1. The summed E-state index contributed by atoms with van der Waals surface area (Å²) < 4.78 is 2.14. The Morgan fingerprint density at radius 3 is 3.21 bits per heavy atom. The quantitative estimate of drug-likeness (QED) is 0.719. The van der Waals surface area contributed by atoms with Crippen LogP contribution in [0.5, 0.6) is 0 Å². The zero-order valence-corrected chi connectivity index (χ0v) is 8.57. The van der Waals surface area contributed by atoms with Crippen molar-refractivity contribution in [3.8, 4) is 0 Å². The summed E-state index contributed by atoms with van der Waals surface area (Å²) in [5.41, 5.74) is 0. The van der Waals surface area contributed by atoms with Crippen LogP contribution >= 0.6 is 0 Å². The van der Waals surface area contributed by atoms with Gasteiger partial charge in [0.1, 0.15) is 11.6 Å². The normalized spacial score (nSPS) is 22.6. The molecule has 1 atom stereocenters. The highest BCUT2D eigenvalue weighted by atomic mass is 16.1. The highest BCUT2D eigenvalue weighted by Gasteiger charge is 2.23. The first-order valence-corrected chi connectivity index (χ1v) is 5.34. The van der Waals surface area contributed by atoms with Gasteiger partial charge in [0, 0.05) is 37.7 Å². The predicted molar refractivity (Wildman–Crippen MR) is 54.1 cm³/mol. The minimum absolute atomic E-state index is 0.367. The predicted octanol–water partition coefficient (Wildman–Crippen LogP) is 2.13. The molecule has 0 aromatic carbocycles. The van der Waals surface area contributed by atoms with E-state index in [4.69, 9.17) is 0 Å². The van der Waals surface area contributed by atoms with E-state index in [0.717, 1.165) is 31.6 Å². The van der Waals surface area contributed by atoms with Crippen LogP contribution in [0.15, 0.2) is 12.4 Å². The molecule has 1 aliphatic rings. The summed E-state index contributed by atoms with van der Waals surface area (Å²) in [5, 5.41) is 0.